The van der Waals surface area contributed by atoms with Crippen LogP contribution >= 0.6 is 11.6 Å². The van der Waals surface area contributed by atoms with Crippen LogP contribution in [-0.2, 0) is 11.3 Å². The number of benzene rings is 1. The lowest BCUT2D eigenvalue weighted by Crippen LogP contribution is -2.40. The second-order valence-electron chi connectivity index (χ2n) is 4.82. The van der Waals surface area contributed by atoms with Crippen molar-refractivity contribution in [1.29, 1.82) is 0 Å². The molecule has 1 amide bonds. The summed E-state index contributed by atoms with van der Waals surface area (Å²) in [6.45, 7) is 2.40. The predicted octanol–water partition coefficient (Wildman–Crippen LogP) is 1.62. The van der Waals surface area contributed by atoms with Gasteiger partial charge in [-0.25, -0.2) is 0 Å². The number of primary amides is 1. The maximum Gasteiger partial charge on any atom is 0.221 e. The molecule has 0 saturated carbocycles. The molecule has 0 aromatic heterocycles. The van der Waals surface area contributed by atoms with Gasteiger partial charge in [0.25, 0.3) is 0 Å². The van der Waals surface area contributed by atoms with Crippen molar-refractivity contribution in [2.24, 2.45) is 11.7 Å². The number of hydrogen-bond acceptors (Lipinski definition) is 3. The van der Waals surface area contributed by atoms with E-state index in [-0.39, 0.29) is 11.8 Å². The van der Waals surface area contributed by atoms with E-state index in [4.69, 9.17) is 23.1 Å². The summed E-state index contributed by atoms with van der Waals surface area (Å²) in [6, 6.07) is 5.47. The van der Waals surface area contributed by atoms with Crippen LogP contribution in [0.25, 0.3) is 0 Å². The number of nitrogens with two attached hydrogens (primary N) is 2. The molecule has 98 valence electrons. The molecule has 1 aromatic carbocycles. The molecule has 0 spiro atoms. The molecule has 0 radical (unpaired) electrons. The molecule has 1 aromatic rings. The Labute approximate surface area is 112 Å². The Morgan fingerprint density at radius 3 is 3.00 bits per heavy atom. The van der Waals surface area contributed by atoms with E-state index in [2.05, 4.69) is 4.90 Å². The second kappa shape index (κ2) is 5.59. The molecular weight excluding hydrogens is 250 g/mol. The zero-order valence-corrected chi connectivity index (χ0v) is 11.0. The van der Waals surface area contributed by atoms with E-state index in [1.165, 1.54) is 0 Å². The van der Waals surface area contributed by atoms with Gasteiger partial charge in [0.15, 0.2) is 0 Å². The lowest BCUT2D eigenvalue weighted by Gasteiger charge is -2.31. The van der Waals surface area contributed by atoms with Gasteiger partial charge in [-0.15, -0.1) is 0 Å². The second-order valence-corrected chi connectivity index (χ2v) is 5.26. The molecule has 1 fully saturated rings. The van der Waals surface area contributed by atoms with Gasteiger partial charge in [0.1, 0.15) is 0 Å². The molecule has 4 nitrogen and oxygen atoms in total. The lowest BCUT2D eigenvalue weighted by molar-refractivity contribution is -0.123. The third-order valence-corrected chi connectivity index (χ3v) is 3.64. The topological polar surface area (TPSA) is 72.4 Å². The van der Waals surface area contributed by atoms with Crippen LogP contribution in [0.4, 0.5) is 5.69 Å². The van der Waals surface area contributed by atoms with Crippen molar-refractivity contribution in [3.8, 4) is 0 Å². The molecule has 0 aliphatic carbocycles. The fourth-order valence-corrected chi connectivity index (χ4v) is 2.58. The summed E-state index contributed by atoms with van der Waals surface area (Å²) in [6.07, 6.45) is 1.88. The van der Waals surface area contributed by atoms with Gasteiger partial charge in [-0.05, 0) is 43.1 Å². The number of rotatable bonds is 3. The van der Waals surface area contributed by atoms with Crippen LogP contribution in [0.5, 0.6) is 0 Å². The van der Waals surface area contributed by atoms with E-state index in [0.29, 0.717) is 11.6 Å². The first-order valence-corrected chi connectivity index (χ1v) is 6.49. The SMILES string of the molecule is NC(=O)C1CCCN(Cc2cc(Cl)ccc2N)C1. The van der Waals surface area contributed by atoms with Crippen molar-refractivity contribution in [1.82, 2.24) is 4.90 Å². The van der Waals surface area contributed by atoms with E-state index < -0.39 is 0 Å². The number of nitrogens with zero attached hydrogens (tertiary/aromatic N) is 1. The Hall–Kier alpha value is -1.26. The Morgan fingerprint density at radius 1 is 1.50 bits per heavy atom. The average Bonchev–Trinajstić information content (AvgIpc) is 2.34. The summed E-state index contributed by atoms with van der Waals surface area (Å²) in [5.41, 5.74) is 13.0. The van der Waals surface area contributed by atoms with Crippen LogP contribution in [-0.4, -0.2) is 23.9 Å². The molecule has 1 heterocycles. The largest absolute Gasteiger partial charge is 0.398 e. The monoisotopic (exact) mass is 267 g/mol. The average molecular weight is 268 g/mol. The number of anilines is 1. The van der Waals surface area contributed by atoms with Gasteiger partial charge in [0.2, 0.25) is 5.91 Å². The highest BCUT2D eigenvalue weighted by atomic mass is 35.5. The van der Waals surface area contributed by atoms with Crippen molar-refractivity contribution in [2.45, 2.75) is 19.4 Å². The number of carbonyl (C=O) groups is 1. The van der Waals surface area contributed by atoms with Crippen molar-refractivity contribution < 1.29 is 4.79 Å². The zero-order chi connectivity index (χ0) is 13.1. The van der Waals surface area contributed by atoms with E-state index in [1.807, 2.05) is 12.1 Å². The summed E-state index contributed by atoms with van der Waals surface area (Å²) in [7, 11) is 0. The minimum atomic E-state index is -0.209. The highest BCUT2D eigenvalue weighted by molar-refractivity contribution is 6.30. The summed E-state index contributed by atoms with van der Waals surface area (Å²) in [5, 5.41) is 0.683. The van der Waals surface area contributed by atoms with E-state index >= 15 is 0 Å². The molecule has 1 unspecified atom stereocenters. The Bertz CT molecular complexity index is 450. The van der Waals surface area contributed by atoms with Crippen molar-refractivity contribution >= 4 is 23.2 Å². The number of likely N-dealkylation sites (tertiary alicyclic amines) is 1. The molecule has 0 bridgehead atoms. The lowest BCUT2D eigenvalue weighted by atomic mass is 9.97. The normalized spacial score (nSPS) is 20.8. The number of nitrogen functional groups attached to an aromatic ring is 1. The van der Waals surface area contributed by atoms with Gasteiger partial charge >= 0.3 is 0 Å². The van der Waals surface area contributed by atoms with E-state index in [0.717, 1.165) is 37.2 Å². The number of hydrogen-bond donors (Lipinski definition) is 2. The predicted molar refractivity (Wildman–Crippen MR) is 73.1 cm³/mol. The van der Waals surface area contributed by atoms with Crippen LogP contribution in [0.15, 0.2) is 18.2 Å². The molecule has 2 rings (SSSR count). The summed E-state index contributed by atoms with van der Waals surface area (Å²) in [5.74, 6) is -0.252. The van der Waals surface area contributed by atoms with E-state index in [1.54, 1.807) is 6.07 Å². The van der Waals surface area contributed by atoms with Gasteiger partial charge in [-0.3, -0.25) is 9.69 Å². The van der Waals surface area contributed by atoms with Crippen LogP contribution in [0.2, 0.25) is 5.02 Å². The minimum Gasteiger partial charge on any atom is -0.398 e. The molecule has 1 aliphatic rings. The summed E-state index contributed by atoms with van der Waals surface area (Å²) >= 11 is 5.97. The highest BCUT2D eigenvalue weighted by Crippen LogP contribution is 2.23. The summed E-state index contributed by atoms with van der Waals surface area (Å²) < 4.78 is 0. The van der Waals surface area contributed by atoms with Crippen LogP contribution < -0.4 is 11.5 Å². The molecule has 4 N–H and O–H groups in total. The highest BCUT2D eigenvalue weighted by Gasteiger charge is 2.24. The fourth-order valence-electron chi connectivity index (χ4n) is 2.38. The number of piperidine rings is 1. The van der Waals surface area contributed by atoms with Gasteiger partial charge in [-0.1, -0.05) is 11.6 Å². The van der Waals surface area contributed by atoms with Crippen molar-refractivity contribution in [2.75, 3.05) is 18.8 Å². The van der Waals surface area contributed by atoms with Crippen LogP contribution in [0.3, 0.4) is 0 Å². The van der Waals surface area contributed by atoms with Crippen LogP contribution in [0, 0.1) is 5.92 Å². The standard InChI is InChI=1S/C13H18ClN3O/c14-11-3-4-12(15)10(6-11)8-17-5-1-2-9(7-17)13(16)18/h3-4,6,9H,1-2,5,7-8,15H2,(H2,16,18). The molecular formula is C13H18ClN3O. The first-order chi connectivity index (χ1) is 8.56. The smallest absolute Gasteiger partial charge is 0.221 e. The molecule has 5 heteroatoms. The first kappa shape index (κ1) is 13.2. The number of carbonyl (C=O) groups excluding carboxylic acids is 1. The van der Waals surface area contributed by atoms with Gasteiger partial charge in [0.05, 0.1) is 5.92 Å². The van der Waals surface area contributed by atoms with Crippen LogP contribution in [0.1, 0.15) is 18.4 Å². The summed E-state index contributed by atoms with van der Waals surface area (Å²) in [4.78, 5) is 13.4. The Kier molecular flexibility index (Phi) is 4.09. The zero-order valence-electron chi connectivity index (χ0n) is 10.2. The third kappa shape index (κ3) is 3.15. The number of amides is 1. The molecule has 18 heavy (non-hydrogen) atoms. The molecule has 1 aliphatic heterocycles. The maximum absolute atomic E-state index is 11.2. The molecule has 1 atom stereocenters. The Morgan fingerprint density at radius 2 is 2.28 bits per heavy atom. The van der Waals surface area contributed by atoms with Gasteiger partial charge in [-0.2, -0.15) is 0 Å². The fraction of sp³-hybridized carbons (Fsp3) is 0.462. The van der Waals surface area contributed by atoms with E-state index in [9.17, 15) is 4.79 Å². The maximum atomic E-state index is 11.2. The Balaban J connectivity index is 2.04. The van der Waals surface area contributed by atoms with Gasteiger partial charge < -0.3 is 11.5 Å². The number of halogens is 1. The van der Waals surface area contributed by atoms with Crippen molar-refractivity contribution in [3.05, 3.63) is 28.8 Å². The minimum absolute atomic E-state index is 0.0424. The van der Waals surface area contributed by atoms with Crippen molar-refractivity contribution in [3.63, 3.8) is 0 Å². The quantitative estimate of drug-likeness (QED) is 0.818. The first-order valence-electron chi connectivity index (χ1n) is 6.12. The van der Waals surface area contributed by atoms with Gasteiger partial charge in [0, 0.05) is 23.8 Å². The molecule has 1 saturated heterocycles. The third-order valence-electron chi connectivity index (χ3n) is 3.41.